The van der Waals surface area contributed by atoms with E-state index in [1.165, 1.54) is 0 Å². The molecule has 3 fully saturated rings. The lowest BCUT2D eigenvalue weighted by Gasteiger charge is -2.51. The van der Waals surface area contributed by atoms with Crippen molar-refractivity contribution >= 4 is 21.3 Å². The van der Waals surface area contributed by atoms with Gasteiger partial charge in [-0.15, -0.1) is 0 Å². The Morgan fingerprint density at radius 1 is 1.36 bits per heavy atom. The van der Waals surface area contributed by atoms with Crippen LogP contribution in [0.2, 0.25) is 0 Å². The maximum Gasteiger partial charge on any atom is 0.398 e. The van der Waals surface area contributed by atoms with Gasteiger partial charge in [0.2, 0.25) is 0 Å². The van der Waals surface area contributed by atoms with E-state index in [0.717, 1.165) is 43.3 Å². The summed E-state index contributed by atoms with van der Waals surface area (Å²) in [6.07, 6.45) is 3.95. The lowest BCUT2D eigenvalue weighted by atomic mass is 9.72. The van der Waals surface area contributed by atoms with Crippen LogP contribution >= 0.6 is 0 Å². The summed E-state index contributed by atoms with van der Waals surface area (Å²) >= 11 is 0. The number of hydrogen-bond acceptors (Lipinski definition) is 6. The van der Waals surface area contributed by atoms with E-state index >= 15 is 0 Å². The van der Waals surface area contributed by atoms with Crippen molar-refractivity contribution in [3.05, 3.63) is 36.0 Å². The van der Waals surface area contributed by atoms with Crippen LogP contribution in [0.25, 0.3) is 10.9 Å². The fourth-order valence-electron chi connectivity index (χ4n) is 4.93. The molecule has 1 N–H and O–H groups in total. The van der Waals surface area contributed by atoms with Gasteiger partial charge in [0, 0.05) is 24.2 Å². The Labute approximate surface area is 165 Å². The summed E-state index contributed by atoms with van der Waals surface area (Å²) in [6, 6.07) is 7.15. The van der Waals surface area contributed by atoms with E-state index in [9.17, 15) is 13.0 Å². The second-order valence-corrected chi connectivity index (χ2v) is 8.79. The summed E-state index contributed by atoms with van der Waals surface area (Å²) in [4.78, 5) is 6.69. The summed E-state index contributed by atoms with van der Waals surface area (Å²) in [6.45, 7) is 4.06. The number of ether oxygens (including phenoxy) is 1. The largest absolute Gasteiger partial charge is 0.497 e. The van der Waals surface area contributed by atoms with Crippen molar-refractivity contribution in [3.8, 4) is 5.75 Å². The average molecular weight is 407 g/mol. The summed E-state index contributed by atoms with van der Waals surface area (Å²) in [7, 11) is -3.04. The molecule has 3 saturated heterocycles. The molecule has 2 bridgehead atoms. The topological polar surface area (TPSA) is 89.0 Å². The molecule has 7 nitrogen and oxygen atoms in total. The maximum absolute atomic E-state index is 11.7. The molecule has 1 unspecified atom stereocenters. The molecule has 1 aromatic heterocycles. The molecule has 5 rings (SSSR count). The van der Waals surface area contributed by atoms with Crippen LogP contribution in [0.1, 0.15) is 37.9 Å². The molecule has 0 aliphatic carbocycles. The summed E-state index contributed by atoms with van der Waals surface area (Å²) < 4.78 is 43.6. The number of rotatable bonds is 6. The van der Waals surface area contributed by atoms with Crippen molar-refractivity contribution in [1.29, 1.82) is 0 Å². The number of nitrogens with zero attached hydrogens (tertiary/aromatic N) is 2. The zero-order valence-electron chi connectivity index (χ0n) is 16.1. The molecule has 8 heteroatoms. The molecule has 4 heterocycles. The Bertz CT molecular complexity index is 964. The van der Waals surface area contributed by atoms with Crippen molar-refractivity contribution in [2.24, 2.45) is 11.8 Å². The van der Waals surface area contributed by atoms with Gasteiger partial charge in [-0.3, -0.25) is 14.4 Å². The van der Waals surface area contributed by atoms with Gasteiger partial charge >= 0.3 is 10.4 Å². The van der Waals surface area contributed by atoms with Crippen LogP contribution in [0.15, 0.2) is 30.5 Å². The van der Waals surface area contributed by atoms with Crippen molar-refractivity contribution in [1.82, 2.24) is 9.88 Å². The second-order valence-electron chi connectivity index (χ2n) is 7.74. The number of fused-ring (bicyclic) bond motifs is 4. The Kier molecular flexibility index (Phi) is 5.30. The Hall–Kier alpha value is -1.74. The van der Waals surface area contributed by atoms with E-state index in [4.69, 9.17) is 8.92 Å². The van der Waals surface area contributed by atoms with Crippen molar-refractivity contribution < 1.29 is 21.9 Å². The first-order valence-corrected chi connectivity index (χ1v) is 11.1. The third-order valence-corrected chi connectivity index (χ3v) is 6.77. The lowest BCUT2D eigenvalue weighted by Crippen LogP contribution is -2.55. The predicted octanol–water partition coefficient (Wildman–Crippen LogP) is 3.22. The third-order valence-electron chi connectivity index (χ3n) is 6.32. The molecule has 2 aromatic rings. The molecule has 3 aliphatic rings. The molecule has 0 spiro atoms. The van der Waals surface area contributed by atoms with E-state index in [-0.39, 0.29) is 6.04 Å². The highest BCUT2D eigenvalue weighted by Gasteiger charge is 2.44. The van der Waals surface area contributed by atoms with Gasteiger partial charge in [-0.25, -0.2) is 4.18 Å². The van der Waals surface area contributed by atoms with Crippen LogP contribution in [-0.2, 0) is 14.6 Å². The van der Waals surface area contributed by atoms with Crippen LogP contribution in [0.5, 0.6) is 5.75 Å². The first-order valence-electron chi connectivity index (χ1n) is 9.72. The monoisotopic (exact) mass is 406 g/mol. The van der Waals surface area contributed by atoms with Crippen molar-refractivity contribution in [3.63, 3.8) is 0 Å². The van der Waals surface area contributed by atoms with Crippen molar-refractivity contribution in [2.75, 3.05) is 20.2 Å². The first-order chi connectivity index (χ1) is 13.4. The molecule has 5 atom stereocenters. The zero-order chi connectivity index (χ0) is 19.9. The molecule has 0 amide bonds. The van der Waals surface area contributed by atoms with Gasteiger partial charge in [-0.05, 0) is 61.1 Å². The Balaban J connectivity index is 1.79. The standard InChI is InChI=1S/C20H26N2O5S/c1-3-13-12-22-9-7-14(13)10-19(22)20(27-28(23,24)25)16-6-8-21-18-5-4-15(26-2)11-17(16)18/h4-6,8,11,13-14,19-20H,3,7,9-10,12H2,1-2H3,(H,23,24,25)/t13-,14-,19-,20+/m0/s1. The second kappa shape index (κ2) is 7.59. The van der Waals surface area contributed by atoms with Gasteiger partial charge in [0.15, 0.2) is 0 Å². The number of aromatic nitrogens is 1. The van der Waals surface area contributed by atoms with Gasteiger partial charge < -0.3 is 4.74 Å². The predicted molar refractivity (Wildman–Crippen MR) is 106 cm³/mol. The van der Waals surface area contributed by atoms with Crippen LogP contribution in [0.3, 0.4) is 0 Å². The van der Waals surface area contributed by atoms with Crippen LogP contribution in [0, 0.1) is 11.8 Å². The van der Waals surface area contributed by atoms with E-state index in [2.05, 4.69) is 16.8 Å². The highest BCUT2D eigenvalue weighted by atomic mass is 32.3. The molecule has 0 saturated carbocycles. The highest BCUT2D eigenvalue weighted by molar-refractivity contribution is 7.80. The van der Waals surface area contributed by atoms with Gasteiger partial charge in [0.25, 0.3) is 0 Å². The molecule has 28 heavy (non-hydrogen) atoms. The molecular weight excluding hydrogens is 380 g/mol. The molecule has 152 valence electrons. The highest BCUT2D eigenvalue weighted by Crippen LogP contribution is 2.44. The molecular formula is C20H26N2O5S. The number of methoxy groups -OCH3 is 1. The van der Waals surface area contributed by atoms with Crippen LogP contribution < -0.4 is 4.74 Å². The minimum atomic E-state index is -4.62. The van der Waals surface area contributed by atoms with Crippen LogP contribution in [-0.4, -0.2) is 49.1 Å². The van der Waals surface area contributed by atoms with Crippen molar-refractivity contribution in [2.45, 2.75) is 38.3 Å². The average Bonchev–Trinajstić information content (AvgIpc) is 2.70. The van der Waals surface area contributed by atoms with Gasteiger partial charge in [-0.2, -0.15) is 8.42 Å². The Morgan fingerprint density at radius 3 is 2.82 bits per heavy atom. The molecule has 0 radical (unpaired) electrons. The number of piperidine rings is 3. The van der Waals surface area contributed by atoms with E-state index in [1.807, 2.05) is 18.2 Å². The minimum absolute atomic E-state index is 0.111. The number of benzene rings is 1. The fraction of sp³-hybridized carbons (Fsp3) is 0.550. The fourth-order valence-corrected chi connectivity index (χ4v) is 5.43. The molecule has 3 aliphatic heterocycles. The smallest absolute Gasteiger partial charge is 0.398 e. The van der Waals surface area contributed by atoms with Gasteiger partial charge in [0.1, 0.15) is 11.9 Å². The third kappa shape index (κ3) is 3.74. The summed E-state index contributed by atoms with van der Waals surface area (Å²) in [5.74, 6) is 1.84. The first kappa shape index (κ1) is 19.6. The van der Waals surface area contributed by atoms with Gasteiger partial charge in [-0.1, -0.05) is 13.3 Å². The van der Waals surface area contributed by atoms with Crippen LogP contribution in [0.4, 0.5) is 0 Å². The zero-order valence-corrected chi connectivity index (χ0v) is 16.9. The lowest BCUT2D eigenvalue weighted by molar-refractivity contribution is -0.0490. The number of pyridine rings is 1. The normalized spacial score (nSPS) is 28.4. The van der Waals surface area contributed by atoms with Gasteiger partial charge in [0.05, 0.1) is 12.6 Å². The minimum Gasteiger partial charge on any atom is -0.497 e. The number of hydrogen-bond donors (Lipinski definition) is 1. The molecule has 1 aromatic carbocycles. The Morgan fingerprint density at radius 2 is 2.18 bits per heavy atom. The van der Waals surface area contributed by atoms with E-state index in [0.29, 0.717) is 23.1 Å². The maximum atomic E-state index is 11.7. The SMILES string of the molecule is CC[C@H]1CN2CC[C@H]1C[C@H]2[C@H](OS(=O)(=O)O)c1ccnc2ccc(OC)cc12. The summed E-state index contributed by atoms with van der Waals surface area (Å²) in [5.41, 5.74) is 1.43. The van der Waals surface area contributed by atoms with E-state index in [1.54, 1.807) is 19.4 Å². The quantitative estimate of drug-likeness (QED) is 0.737. The summed E-state index contributed by atoms with van der Waals surface area (Å²) in [5, 5.41) is 0.769. The van der Waals surface area contributed by atoms with E-state index < -0.39 is 16.5 Å².